The molecule has 2 atom stereocenters. The van der Waals surface area contributed by atoms with Gasteiger partial charge in [-0.05, 0) is 32.2 Å². The first-order chi connectivity index (χ1) is 7.36. The van der Waals surface area contributed by atoms with Gasteiger partial charge in [0.25, 0.3) is 0 Å². The second kappa shape index (κ2) is 5.47. The Hall–Kier alpha value is -0.610. The number of piperidine rings is 1. The Morgan fingerprint density at radius 3 is 2.93 bits per heavy atom. The van der Waals surface area contributed by atoms with Crippen molar-refractivity contribution in [3.63, 3.8) is 0 Å². The molecule has 2 aliphatic heterocycles. The van der Waals surface area contributed by atoms with Crippen LogP contribution in [0.5, 0.6) is 0 Å². The summed E-state index contributed by atoms with van der Waals surface area (Å²) in [6, 6.07) is -0.0832. The molecule has 0 aromatic carbocycles. The van der Waals surface area contributed by atoms with Crippen LogP contribution in [-0.4, -0.2) is 37.9 Å². The zero-order valence-electron chi connectivity index (χ0n) is 9.04. The summed E-state index contributed by atoms with van der Waals surface area (Å²) in [7, 11) is 0. The van der Waals surface area contributed by atoms with E-state index in [-0.39, 0.29) is 18.1 Å². The van der Waals surface area contributed by atoms with Crippen molar-refractivity contribution < 1.29 is 14.3 Å². The first-order valence-corrected chi connectivity index (χ1v) is 5.88. The van der Waals surface area contributed by atoms with Gasteiger partial charge < -0.3 is 14.8 Å². The number of carbonyl (C=O) groups excluding carboxylic acids is 1. The van der Waals surface area contributed by atoms with E-state index in [0.29, 0.717) is 6.61 Å². The first kappa shape index (κ1) is 10.9. The standard InChI is InChI=1S/C11H19NO3/c13-11(10-5-1-2-6-12-10)15-8-9-4-3-7-14-9/h9-10,12H,1-8H2. The third-order valence-electron chi connectivity index (χ3n) is 3.03. The highest BCUT2D eigenvalue weighted by Crippen LogP contribution is 2.13. The van der Waals surface area contributed by atoms with Crippen molar-refractivity contribution in [2.75, 3.05) is 19.8 Å². The maximum atomic E-state index is 11.6. The van der Waals surface area contributed by atoms with Crippen LogP contribution in [0.15, 0.2) is 0 Å². The average Bonchev–Trinajstić information content (AvgIpc) is 2.80. The molecule has 0 aliphatic carbocycles. The zero-order chi connectivity index (χ0) is 10.5. The second-order valence-corrected chi connectivity index (χ2v) is 4.27. The number of ether oxygens (including phenoxy) is 2. The molecule has 4 nitrogen and oxygen atoms in total. The normalized spacial score (nSPS) is 31.5. The molecule has 2 fully saturated rings. The Labute approximate surface area is 90.3 Å². The van der Waals surface area contributed by atoms with Gasteiger partial charge in [-0.3, -0.25) is 4.79 Å². The molecular weight excluding hydrogens is 194 g/mol. The van der Waals surface area contributed by atoms with E-state index in [9.17, 15) is 4.79 Å². The Kier molecular flexibility index (Phi) is 3.97. The number of rotatable bonds is 3. The summed E-state index contributed by atoms with van der Waals surface area (Å²) in [6.07, 6.45) is 5.43. The molecule has 2 aliphatic rings. The summed E-state index contributed by atoms with van der Waals surface area (Å²) in [5.74, 6) is -0.106. The molecule has 2 rings (SSSR count). The monoisotopic (exact) mass is 213 g/mol. The predicted octanol–water partition coefficient (Wildman–Crippen LogP) is 0.851. The van der Waals surface area contributed by atoms with Crippen LogP contribution in [0.3, 0.4) is 0 Å². The van der Waals surface area contributed by atoms with E-state index in [1.807, 2.05) is 0 Å². The molecule has 0 aromatic heterocycles. The lowest BCUT2D eigenvalue weighted by atomic mass is 10.1. The molecule has 0 spiro atoms. The van der Waals surface area contributed by atoms with Gasteiger partial charge in [-0.25, -0.2) is 0 Å². The largest absolute Gasteiger partial charge is 0.462 e. The molecule has 4 heteroatoms. The van der Waals surface area contributed by atoms with Crippen LogP contribution < -0.4 is 5.32 Å². The third-order valence-corrected chi connectivity index (χ3v) is 3.03. The topological polar surface area (TPSA) is 47.6 Å². The summed E-state index contributed by atoms with van der Waals surface area (Å²) >= 11 is 0. The fourth-order valence-electron chi connectivity index (χ4n) is 2.10. The van der Waals surface area contributed by atoms with E-state index in [0.717, 1.165) is 45.3 Å². The Morgan fingerprint density at radius 2 is 2.27 bits per heavy atom. The maximum Gasteiger partial charge on any atom is 0.323 e. The van der Waals surface area contributed by atoms with E-state index >= 15 is 0 Å². The van der Waals surface area contributed by atoms with Gasteiger partial charge in [-0.1, -0.05) is 6.42 Å². The van der Waals surface area contributed by atoms with Gasteiger partial charge in [0.2, 0.25) is 0 Å². The molecule has 2 heterocycles. The van der Waals surface area contributed by atoms with Crippen molar-refractivity contribution >= 4 is 5.97 Å². The van der Waals surface area contributed by atoms with Gasteiger partial charge in [-0.2, -0.15) is 0 Å². The highest BCUT2D eigenvalue weighted by molar-refractivity contribution is 5.75. The second-order valence-electron chi connectivity index (χ2n) is 4.27. The lowest BCUT2D eigenvalue weighted by molar-refractivity contribution is -0.150. The van der Waals surface area contributed by atoms with Gasteiger partial charge in [0.15, 0.2) is 0 Å². The van der Waals surface area contributed by atoms with E-state index in [4.69, 9.17) is 9.47 Å². The average molecular weight is 213 g/mol. The molecule has 1 N–H and O–H groups in total. The molecule has 86 valence electrons. The van der Waals surface area contributed by atoms with Crippen molar-refractivity contribution in [1.29, 1.82) is 0 Å². The van der Waals surface area contributed by atoms with Gasteiger partial charge in [0.05, 0.1) is 6.10 Å². The van der Waals surface area contributed by atoms with Crippen LogP contribution >= 0.6 is 0 Å². The van der Waals surface area contributed by atoms with Crippen molar-refractivity contribution in [2.45, 2.75) is 44.2 Å². The summed E-state index contributed by atoms with van der Waals surface area (Å²) in [4.78, 5) is 11.6. The molecule has 2 saturated heterocycles. The Bertz CT molecular complexity index is 208. The highest BCUT2D eigenvalue weighted by atomic mass is 16.6. The number of carbonyl (C=O) groups is 1. The van der Waals surface area contributed by atoms with Crippen molar-refractivity contribution in [3.8, 4) is 0 Å². The number of hydrogen-bond donors (Lipinski definition) is 1. The van der Waals surface area contributed by atoms with Gasteiger partial charge in [0, 0.05) is 6.61 Å². The highest BCUT2D eigenvalue weighted by Gasteiger charge is 2.24. The van der Waals surface area contributed by atoms with E-state index < -0.39 is 0 Å². The minimum atomic E-state index is -0.106. The lowest BCUT2D eigenvalue weighted by Gasteiger charge is -2.22. The Balaban J connectivity index is 1.66. The zero-order valence-corrected chi connectivity index (χ0v) is 9.04. The van der Waals surface area contributed by atoms with E-state index in [1.165, 1.54) is 0 Å². The van der Waals surface area contributed by atoms with Crippen molar-refractivity contribution in [1.82, 2.24) is 5.32 Å². The van der Waals surface area contributed by atoms with E-state index in [1.54, 1.807) is 0 Å². The summed E-state index contributed by atoms with van der Waals surface area (Å²) in [5.41, 5.74) is 0. The minimum absolute atomic E-state index is 0.0832. The summed E-state index contributed by atoms with van der Waals surface area (Å²) < 4.78 is 10.6. The molecule has 0 aromatic rings. The summed E-state index contributed by atoms with van der Waals surface area (Å²) in [5, 5.41) is 3.18. The minimum Gasteiger partial charge on any atom is -0.462 e. The number of esters is 1. The SMILES string of the molecule is O=C(OCC1CCCO1)C1CCCCN1. The number of nitrogens with one attached hydrogen (secondary N) is 1. The molecular formula is C11H19NO3. The van der Waals surface area contributed by atoms with Crippen molar-refractivity contribution in [2.24, 2.45) is 0 Å². The smallest absolute Gasteiger partial charge is 0.323 e. The van der Waals surface area contributed by atoms with Crippen LogP contribution in [0.1, 0.15) is 32.1 Å². The fraction of sp³-hybridized carbons (Fsp3) is 0.909. The molecule has 0 bridgehead atoms. The van der Waals surface area contributed by atoms with Crippen LogP contribution in [0.25, 0.3) is 0 Å². The predicted molar refractivity (Wildman–Crippen MR) is 55.6 cm³/mol. The van der Waals surface area contributed by atoms with Gasteiger partial charge in [0.1, 0.15) is 12.6 Å². The molecule has 0 amide bonds. The van der Waals surface area contributed by atoms with Crippen LogP contribution in [-0.2, 0) is 14.3 Å². The number of hydrogen-bond acceptors (Lipinski definition) is 4. The van der Waals surface area contributed by atoms with E-state index in [2.05, 4.69) is 5.32 Å². The third kappa shape index (κ3) is 3.18. The van der Waals surface area contributed by atoms with Crippen LogP contribution in [0.2, 0.25) is 0 Å². The van der Waals surface area contributed by atoms with Gasteiger partial charge >= 0.3 is 5.97 Å². The van der Waals surface area contributed by atoms with Crippen LogP contribution in [0.4, 0.5) is 0 Å². The molecule has 0 saturated carbocycles. The van der Waals surface area contributed by atoms with Crippen molar-refractivity contribution in [3.05, 3.63) is 0 Å². The molecule has 0 radical (unpaired) electrons. The summed E-state index contributed by atoms with van der Waals surface area (Å²) in [6.45, 7) is 2.17. The lowest BCUT2D eigenvalue weighted by Crippen LogP contribution is -2.42. The quantitative estimate of drug-likeness (QED) is 0.706. The maximum absolute atomic E-state index is 11.6. The first-order valence-electron chi connectivity index (χ1n) is 5.88. The fourth-order valence-corrected chi connectivity index (χ4v) is 2.10. The molecule has 2 unspecified atom stereocenters. The van der Waals surface area contributed by atoms with Crippen LogP contribution in [0, 0.1) is 0 Å². The Morgan fingerprint density at radius 1 is 1.33 bits per heavy atom. The molecule has 15 heavy (non-hydrogen) atoms. The van der Waals surface area contributed by atoms with Gasteiger partial charge in [-0.15, -0.1) is 0 Å².